The molecule has 5 rings (SSSR count). The molecular formula is C23H25N3O6S. The predicted octanol–water partition coefficient (Wildman–Crippen LogP) is 1.77. The molecule has 0 atom stereocenters. The molecule has 2 aromatic rings. The highest BCUT2D eigenvalue weighted by Crippen LogP contribution is 2.32. The van der Waals surface area contributed by atoms with Crippen LogP contribution >= 0.6 is 0 Å². The summed E-state index contributed by atoms with van der Waals surface area (Å²) in [6.07, 6.45) is 3.75. The van der Waals surface area contributed by atoms with E-state index in [1.54, 1.807) is 30.3 Å². The smallest absolute Gasteiger partial charge is 0.269 e. The van der Waals surface area contributed by atoms with Gasteiger partial charge < -0.3 is 9.47 Å². The summed E-state index contributed by atoms with van der Waals surface area (Å²) in [6, 6.07) is 10.2. The Balaban J connectivity index is 1.14. The van der Waals surface area contributed by atoms with Gasteiger partial charge in [-0.05, 0) is 73.6 Å². The number of nitrogens with one attached hydrogen (secondary N) is 2. The van der Waals surface area contributed by atoms with Gasteiger partial charge in [0.2, 0.25) is 22.7 Å². The first-order valence-corrected chi connectivity index (χ1v) is 12.5. The normalized spacial score (nSPS) is 18.1. The molecule has 2 heterocycles. The van der Waals surface area contributed by atoms with E-state index in [0.717, 1.165) is 24.8 Å². The lowest BCUT2D eigenvalue weighted by Gasteiger charge is -2.30. The molecule has 0 unspecified atom stereocenters. The molecule has 1 aliphatic carbocycles. The largest absolute Gasteiger partial charge is 0.454 e. The summed E-state index contributed by atoms with van der Waals surface area (Å²) in [5.74, 6) is -0.145. The Morgan fingerprint density at radius 1 is 0.909 bits per heavy atom. The number of nitrogens with zero attached hydrogens (tertiary/aromatic N) is 1. The molecule has 2 aromatic carbocycles. The minimum Gasteiger partial charge on any atom is -0.454 e. The number of benzene rings is 2. The number of hydrazine groups is 1. The van der Waals surface area contributed by atoms with Gasteiger partial charge in [-0.15, -0.1) is 0 Å². The molecule has 0 saturated carbocycles. The second kappa shape index (κ2) is 8.68. The zero-order valence-corrected chi connectivity index (χ0v) is 18.8. The van der Waals surface area contributed by atoms with Crippen LogP contribution in [0.3, 0.4) is 0 Å². The van der Waals surface area contributed by atoms with E-state index in [9.17, 15) is 18.0 Å². The highest BCUT2D eigenvalue weighted by atomic mass is 32.2. The number of aryl methyl sites for hydroxylation is 2. The molecule has 174 valence electrons. The lowest BCUT2D eigenvalue weighted by atomic mass is 9.98. The van der Waals surface area contributed by atoms with Crippen molar-refractivity contribution in [3.63, 3.8) is 0 Å². The Morgan fingerprint density at radius 3 is 2.48 bits per heavy atom. The van der Waals surface area contributed by atoms with Gasteiger partial charge in [0.1, 0.15) is 0 Å². The third-order valence-electron chi connectivity index (χ3n) is 6.47. The molecule has 0 spiro atoms. The van der Waals surface area contributed by atoms with Crippen molar-refractivity contribution in [2.24, 2.45) is 5.92 Å². The molecule has 0 bridgehead atoms. The quantitative estimate of drug-likeness (QED) is 0.657. The number of rotatable bonds is 4. The fraction of sp³-hybridized carbons (Fsp3) is 0.391. The zero-order valence-electron chi connectivity index (χ0n) is 18.0. The Bertz CT molecular complexity index is 1200. The highest BCUT2D eigenvalue weighted by molar-refractivity contribution is 7.89. The van der Waals surface area contributed by atoms with Crippen molar-refractivity contribution in [1.29, 1.82) is 0 Å². The molecule has 1 saturated heterocycles. The summed E-state index contributed by atoms with van der Waals surface area (Å²) in [7, 11) is -3.59. The van der Waals surface area contributed by atoms with Crippen LogP contribution in [0.15, 0.2) is 41.3 Å². The molecular weight excluding hydrogens is 446 g/mol. The summed E-state index contributed by atoms with van der Waals surface area (Å²) in [6.45, 7) is 0.624. The molecule has 10 heteroatoms. The first-order valence-electron chi connectivity index (χ1n) is 11.0. The van der Waals surface area contributed by atoms with Crippen LogP contribution in [0.4, 0.5) is 0 Å². The minimum atomic E-state index is -3.59. The molecule has 1 fully saturated rings. The van der Waals surface area contributed by atoms with Crippen molar-refractivity contribution in [2.75, 3.05) is 19.9 Å². The van der Waals surface area contributed by atoms with Crippen molar-refractivity contribution in [3.05, 3.63) is 53.1 Å². The summed E-state index contributed by atoms with van der Waals surface area (Å²) in [5.41, 5.74) is 7.54. The van der Waals surface area contributed by atoms with Gasteiger partial charge >= 0.3 is 0 Å². The fourth-order valence-electron chi connectivity index (χ4n) is 4.55. The molecule has 2 aliphatic heterocycles. The van der Waals surface area contributed by atoms with E-state index >= 15 is 0 Å². The topological polar surface area (TPSA) is 114 Å². The molecule has 0 radical (unpaired) electrons. The summed E-state index contributed by atoms with van der Waals surface area (Å²) in [4.78, 5) is 25.2. The van der Waals surface area contributed by atoms with Crippen LogP contribution in [0.25, 0.3) is 0 Å². The van der Waals surface area contributed by atoms with Crippen LogP contribution in [0.2, 0.25) is 0 Å². The van der Waals surface area contributed by atoms with Gasteiger partial charge in [0.25, 0.3) is 5.91 Å². The standard InChI is InChI=1S/C23H25N3O6S/c27-22(24-25-23(28)18-5-7-20-21(13-18)32-14-31-20)16-8-10-26(11-9-16)33(29,30)19-6-4-15-2-1-3-17(15)12-19/h4-7,12-13,16H,1-3,8-11,14H2,(H,24,27)(H,25,28). The third-order valence-corrected chi connectivity index (χ3v) is 8.36. The molecule has 33 heavy (non-hydrogen) atoms. The monoisotopic (exact) mass is 471 g/mol. The van der Waals surface area contributed by atoms with Crippen molar-refractivity contribution >= 4 is 21.8 Å². The number of carbonyl (C=O) groups excluding carboxylic acids is 2. The number of hydrogen-bond acceptors (Lipinski definition) is 6. The van der Waals surface area contributed by atoms with Gasteiger partial charge in [-0.2, -0.15) is 4.31 Å². The molecule has 0 aromatic heterocycles. The van der Waals surface area contributed by atoms with Crippen LogP contribution in [-0.4, -0.2) is 44.4 Å². The third kappa shape index (κ3) is 4.28. The number of fused-ring (bicyclic) bond motifs is 2. The Hall–Kier alpha value is -3.11. The first-order chi connectivity index (χ1) is 15.9. The first kappa shape index (κ1) is 21.7. The van der Waals surface area contributed by atoms with Crippen molar-refractivity contribution < 1.29 is 27.5 Å². The van der Waals surface area contributed by atoms with E-state index < -0.39 is 15.9 Å². The second-order valence-corrected chi connectivity index (χ2v) is 10.4. The number of amides is 2. The summed E-state index contributed by atoms with van der Waals surface area (Å²) >= 11 is 0. The van der Waals surface area contributed by atoms with Gasteiger partial charge in [-0.25, -0.2) is 8.42 Å². The van der Waals surface area contributed by atoms with E-state index in [1.807, 2.05) is 6.07 Å². The summed E-state index contributed by atoms with van der Waals surface area (Å²) in [5, 5.41) is 0. The van der Waals surface area contributed by atoms with E-state index in [2.05, 4.69) is 10.9 Å². The number of ether oxygens (including phenoxy) is 2. The van der Waals surface area contributed by atoms with Crippen LogP contribution in [0.1, 0.15) is 40.7 Å². The number of carbonyl (C=O) groups is 2. The molecule has 2 amide bonds. The maximum Gasteiger partial charge on any atom is 0.269 e. The number of hydrogen-bond donors (Lipinski definition) is 2. The molecule has 9 nitrogen and oxygen atoms in total. The van der Waals surface area contributed by atoms with Crippen LogP contribution in [0.5, 0.6) is 11.5 Å². The second-order valence-electron chi connectivity index (χ2n) is 8.47. The predicted molar refractivity (Wildman–Crippen MR) is 118 cm³/mol. The van der Waals surface area contributed by atoms with Gasteiger partial charge in [-0.3, -0.25) is 20.4 Å². The average molecular weight is 472 g/mol. The van der Waals surface area contributed by atoms with Gasteiger partial charge in [-0.1, -0.05) is 6.07 Å². The Morgan fingerprint density at radius 2 is 1.67 bits per heavy atom. The molecule has 3 aliphatic rings. The van der Waals surface area contributed by atoms with Gasteiger partial charge in [0, 0.05) is 24.6 Å². The lowest BCUT2D eigenvalue weighted by Crippen LogP contribution is -2.48. The average Bonchev–Trinajstić information content (AvgIpc) is 3.50. The van der Waals surface area contributed by atoms with E-state index in [-0.39, 0.29) is 31.7 Å². The van der Waals surface area contributed by atoms with E-state index in [0.29, 0.717) is 34.8 Å². The zero-order chi connectivity index (χ0) is 23.0. The minimum absolute atomic E-state index is 0.109. The van der Waals surface area contributed by atoms with E-state index in [1.165, 1.54) is 9.87 Å². The van der Waals surface area contributed by atoms with Gasteiger partial charge in [0.05, 0.1) is 4.90 Å². The number of sulfonamides is 1. The van der Waals surface area contributed by atoms with Crippen LogP contribution < -0.4 is 20.3 Å². The van der Waals surface area contributed by atoms with Gasteiger partial charge in [0.15, 0.2) is 11.5 Å². The maximum absolute atomic E-state index is 13.1. The lowest BCUT2D eigenvalue weighted by molar-refractivity contribution is -0.126. The fourth-order valence-corrected chi connectivity index (χ4v) is 6.07. The summed E-state index contributed by atoms with van der Waals surface area (Å²) < 4.78 is 38.1. The van der Waals surface area contributed by atoms with E-state index in [4.69, 9.17) is 9.47 Å². The number of piperidine rings is 1. The van der Waals surface area contributed by atoms with Crippen LogP contribution in [0, 0.1) is 5.92 Å². The Labute approximate surface area is 192 Å². The highest BCUT2D eigenvalue weighted by Gasteiger charge is 2.33. The van der Waals surface area contributed by atoms with Crippen LogP contribution in [-0.2, 0) is 27.7 Å². The maximum atomic E-state index is 13.1. The SMILES string of the molecule is O=C(NNC(=O)C1CCN(S(=O)(=O)c2ccc3c(c2)CCC3)CC1)c1ccc2c(c1)OCO2. The van der Waals surface area contributed by atoms with Crippen molar-refractivity contribution in [1.82, 2.24) is 15.2 Å². The molecule has 2 N–H and O–H groups in total. The van der Waals surface area contributed by atoms with Crippen molar-refractivity contribution in [2.45, 2.75) is 37.0 Å². The van der Waals surface area contributed by atoms with Crippen molar-refractivity contribution in [3.8, 4) is 11.5 Å². The Kier molecular flexibility index (Phi) is 5.71.